The lowest BCUT2D eigenvalue weighted by molar-refractivity contribution is -0.188. The van der Waals surface area contributed by atoms with E-state index in [0.29, 0.717) is 12.3 Å². The monoisotopic (exact) mass is 353 g/mol. The summed E-state index contributed by atoms with van der Waals surface area (Å²) in [4.78, 5) is 29.9. The van der Waals surface area contributed by atoms with Crippen LogP contribution in [0.25, 0.3) is 0 Å². The molecule has 2 saturated heterocycles. The lowest BCUT2D eigenvalue weighted by Gasteiger charge is -2.41. The normalized spacial score (nSPS) is 38.5. The minimum atomic E-state index is -1.00. The molecule has 0 spiro atoms. The number of esters is 1. The molecule has 24 heavy (non-hydrogen) atoms. The van der Waals surface area contributed by atoms with Crippen molar-refractivity contribution in [1.29, 1.82) is 5.41 Å². The summed E-state index contributed by atoms with van der Waals surface area (Å²) >= 11 is 1.63. The maximum atomic E-state index is 11.8. The summed E-state index contributed by atoms with van der Waals surface area (Å²) in [5.41, 5.74) is -0.532. The number of carboxylic acid groups (broad SMARTS) is 1. The summed E-state index contributed by atoms with van der Waals surface area (Å²) in [7, 11) is 0. The smallest absolute Gasteiger partial charge is 0.350 e. The zero-order chi connectivity index (χ0) is 17.6. The number of amidine groups is 1. The number of cyclic esters (lactones) is 1. The molecular weight excluding hydrogens is 330 g/mol. The first-order valence-corrected chi connectivity index (χ1v) is 9.14. The van der Waals surface area contributed by atoms with Gasteiger partial charge in [0.15, 0.2) is 0 Å². The van der Waals surface area contributed by atoms with Gasteiger partial charge in [-0.05, 0) is 33.6 Å². The van der Waals surface area contributed by atoms with Gasteiger partial charge in [0.05, 0.1) is 16.6 Å². The first-order chi connectivity index (χ1) is 11.2. The van der Waals surface area contributed by atoms with Crippen LogP contribution in [0.1, 0.15) is 33.6 Å². The van der Waals surface area contributed by atoms with E-state index in [4.69, 9.17) is 10.1 Å². The van der Waals surface area contributed by atoms with E-state index in [1.807, 2.05) is 18.7 Å². The van der Waals surface area contributed by atoms with Crippen molar-refractivity contribution in [3.05, 3.63) is 0 Å². The number of ether oxygens (including phenoxy) is 1. The number of thioether (sulfide) groups is 1. The summed E-state index contributed by atoms with van der Waals surface area (Å²) in [6, 6.07) is 0. The van der Waals surface area contributed by atoms with E-state index in [1.165, 1.54) is 0 Å². The number of carbonyl (C=O) groups excluding carboxylic acids is 1. The average molecular weight is 353 g/mol. The fourth-order valence-electron chi connectivity index (χ4n) is 3.94. The van der Waals surface area contributed by atoms with E-state index in [0.717, 1.165) is 19.5 Å². The van der Waals surface area contributed by atoms with E-state index in [9.17, 15) is 14.7 Å². The highest BCUT2D eigenvalue weighted by atomic mass is 32.2. The predicted molar refractivity (Wildman–Crippen MR) is 91.9 cm³/mol. The number of nitrogens with one attached hydrogen (secondary N) is 1. The van der Waals surface area contributed by atoms with Crippen molar-refractivity contribution in [2.24, 2.45) is 10.9 Å². The van der Waals surface area contributed by atoms with Gasteiger partial charge in [0, 0.05) is 18.3 Å². The molecule has 2 fully saturated rings. The molecule has 3 aliphatic heterocycles. The molecule has 7 nitrogen and oxygen atoms in total. The molecule has 3 heterocycles. The molecule has 2 N–H and O–H groups in total. The van der Waals surface area contributed by atoms with Crippen LogP contribution in [0.3, 0.4) is 0 Å². The third kappa shape index (κ3) is 2.92. The lowest BCUT2D eigenvalue weighted by Crippen LogP contribution is -2.54. The van der Waals surface area contributed by atoms with Crippen LogP contribution >= 0.6 is 11.8 Å². The maximum Gasteiger partial charge on any atom is 0.350 e. The molecular formula is C16H23N3O4S. The van der Waals surface area contributed by atoms with Crippen molar-refractivity contribution >= 4 is 35.2 Å². The van der Waals surface area contributed by atoms with E-state index < -0.39 is 11.5 Å². The highest BCUT2D eigenvalue weighted by Gasteiger charge is 2.56. The van der Waals surface area contributed by atoms with E-state index in [2.05, 4.69) is 4.99 Å². The molecule has 0 aromatic heterocycles. The van der Waals surface area contributed by atoms with Crippen molar-refractivity contribution in [3.63, 3.8) is 0 Å². The number of aliphatic imine (C=N–C) groups is 1. The summed E-state index contributed by atoms with van der Waals surface area (Å²) < 4.78 is 5.04. The largest absolute Gasteiger partial charge is 0.477 e. The second-order valence-electron chi connectivity index (χ2n) is 7.05. The lowest BCUT2D eigenvalue weighted by atomic mass is 9.77. The minimum absolute atomic E-state index is 0.166. The molecule has 0 bridgehead atoms. The molecule has 5 atom stereocenters. The van der Waals surface area contributed by atoms with Crippen molar-refractivity contribution in [3.8, 4) is 0 Å². The second kappa shape index (κ2) is 6.06. The van der Waals surface area contributed by atoms with Gasteiger partial charge in [0.2, 0.25) is 0 Å². The number of aliphatic carboxylic acids is 1. The Morgan fingerprint density at radius 1 is 1.54 bits per heavy atom. The maximum absolute atomic E-state index is 11.8. The predicted octanol–water partition coefficient (Wildman–Crippen LogP) is 1.41. The zero-order valence-corrected chi connectivity index (χ0v) is 14.9. The second-order valence-corrected chi connectivity index (χ2v) is 8.56. The number of carboxylic acids is 1. The van der Waals surface area contributed by atoms with Crippen molar-refractivity contribution < 1.29 is 19.4 Å². The fraction of sp³-hybridized carbons (Fsp3) is 0.750. The fourth-order valence-corrected chi connectivity index (χ4v) is 5.63. The molecule has 3 rings (SSSR count). The zero-order valence-electron chi connectivity index (χ0n) is 14.1. The van der Waals surface area contributed by atoms with Gasteiger partial charge in [-0.25, -0.2) is 4.79 Å². The van der Waals surface area contributed by atoms with Crippen LogP contribution in [0.5, 0.6) is 0 Å². The molecule has 0 amide bonds. The highest BCUT2D eigenvalue weighted by molar-refractivity contribution is 8.01. The Morgan fingerprint density at radius 3 is 2.75 bits per heavy atom. The van der Waals surface area contributed by atoms with Crippen LogP contribution in [0.15, 0.2) is 4.99 Å². The third-order valence-corrected chi connectivity index (χ3v) is 6.66. The SMILES string of the molecule is CC(=N)N1CC[C@H](SC2C[C@](C)([C@@H]3C(=O)O[C@@H]3C)N=C2C(=O)O)C1. The Kier molecular flexibility index (Phi) is 4.36. The van der Waals surface area contributed by atoms with E-state index in [1.54, 1.807) is 18.7 Å². The Balaban J connectivity index is 1.73. The first kappa shape index (κ1) is 17.3. The van der Waals surface area contributed by atoms with Gasteiger partial charge in [-0.15, -0.1) is 11.8 Å². The van der Waals surface area contributed by atoms with Gasteiger partial charge in [-0.2, -0.15) is 0 Å². The van der Waals surface area contributed by atoms with Crippen LogP contribution in [0.4, 0.5) is 0 Å². The van der Waals surface area contributed by atoms with Crippen LogP contribution in [0, 0.1) is 11.3 Å². The topological polar surface area (TPSA) is 103 Å². The van der Waals surface area contributed by atoms with E-state index in [-0.39, 0.29) is 34.2 Å². The average Bonchev–Trinajstić information content (AvgIpc) is 3.04. The van der Waals surface area contributed by atoms with Gasteiger partial charge in [0.1, 0.15) is 17.7 Å². The Bertz CT molecular complexity index is 622. The van der Waals surface area contributed by atoms with E-state index >= 15 is 0 Å². The molecule has 0 radical (unpaired) electrons. The summed E-state index contributed by atoms with van der Waals surface area (Å²) in [6.07, 6.45) is 1.26. The molecule has 132 valence electrons. The standard InChI is InChI=1S/C16H23N3O4S/c1-8-12(15(22)23-8)16(3)6-11(13(18-16)14(20)21)24-10-4-5-19(7-10)9(2)17/h8,10-12,17H,4-7H2,1-3H3,(H,20,21)/t8-,10+,11?,12+,16-/m1/s1. The van der Waals surface area contributed by atoms with Crippen LogP contribution < -0.4 is 0 Å². The van der Waals surface area contributed by atoms with Gasteiger partial charge < -0.3 is 14.7 Å². The van der Waals surface area contributed by atoms with Crippen LogP contribution in [-0.4, -0.2) is 68.7 Å². The molecule has 0 aromatic carbocycles. The highest BCUT2D eigenvalue weighted by Crippen LogP contribution is 2.45. The van der Waals surface area contributed by atoms with Crippen molar-refractivity contribution in [1.82, 2.24) is 4.90 Å². The number of likely N-dealkylation sites (tertiary alicyclic amines) is 1. The van der Waals surface area contributed by atoms with Crippen LogP contribution in [0.2, 0.25) is 0 Å². The molecule has 8 heteroatoms. The van der Waals surface area contributed by atoms with Gasteiger partial charge in [0.25, 0.3) is 0 Å². The summed E-state index contributed by atoms with van der Waals surface area (Å²) in [5.74, 6) is -1.10. The molecule has 0 saturated carbocycles. The third-order valence-electron chi connectivity index (χ3n) is 5.17. The quantitative estimate of drug-likeness (QED) is 0.450. The number of nitrogens with zero attached hydrogens (tertiary/aromatic N) is 2. The first-order valence-electron chi connectivity index (χ1n) is 8.20. The minimum Gasteiger partial charge on any atom is -0.477 e. The van der Waals surface area contributed by atoms with Crippen molar-refractivity contribution in [2.75, 3.05) is 13.1 Å². The van der Waals surface area contributed by atoms with Crippen molar-refractivity contribution in [2.45, 2.75) is 55.8 Å². The molecule has 1 unspecified atom stereocenters. The number of rotatable bonds is 4. The molecule has 3 aliphatic rings. The van der Waals surface area contributed by atoms with Gasteiger partial charge >= 0.3 is 11.9 Å². The van der Waals surface area contributed by atoms with Gasteiger partial charge in [-0.1, -0.05) is 0 Å². The molecule has 0 aliphatic carbocycles. The van der Waals surface area contributed by atoms with Gasteiger partial charge in [-0.3, -0.25) is 15.2 Å². The Morgan fingerprint density at radius 2 is 2.25 bits per heavy atom. The molecule has 0 aromatic rings. The van der Waals surface area contributed by atoms with Crippen LogP contribution in [-0.2, 0) is 14.3 Å². The Hall–Kier alpha value is -1.57. The summed E-state index contributed by atoms with van der Waals surface area (Å²) in [6.45, 7) is 7.06. The number of hydrogen-bond donors (Lipinski definition) is 2. The Labute approximate surface area is 145 Å². The number of hydrogen-bond acceptors (Lipinski definition) is 6. The number of carbonyl (C=O) groups is 2. The summed E-state index contributed by atoms with van der Waals surface area (Å²) in [5, 5.41) is 17.3.